The number of hydrogen-bond donors (Lipinski definition) is 1. The summed E-state index contributed by atoms with van der Waals surface area (Å²) in [5.74, 6) is 0.446. The second kappa shape index (κ2) is 8.57. The van der Waals surface area contributed by atoms with Gasteiger partial charge >= 0.3 is 0 Å². The number of rotatable bonds is 8. The van der Waals surface area contributed by atoms with Crippen molar-refractivity contribution in [1.29, 1.82) is 0 Å². The highest BCUT2D eigenvalue weighted by molar-refractivity contribution is 7.89. The Kier molecular flexibility index (Phi) is 6.15. The molecule has 1 amide bonds. The molecule has 1 aliphatic heterocycles. The molecule has 0 radical (unpaired) electrons. The number of methoxy groups -OCH3 is 1. The number of halogens is 1. The van der Waals surface area contributed by atoms with Gasteiger partial charge in [-0.05, 0) is 48.9 Å². The van der Waals surface area contributed by atoms with E-state index < -0.39 is 10.0 Å². The Morgan fingerprint density at radius 1 is 1.18 bits per heavy atom. The molecule has 1 aliphatic rings. The molecule has 3 rings (SSSR count). The maximum Gasteiger partial charge on any atom is 0.240 e. The highest BCUT2D eigenvalue weighted by Gasteiger charge is 2.26. The molecule has 1 N–H and O–H groups in total. The summed E-state index contributed by atoms with van der Waals surface area (Å²) in [5.41, 5.74) is 0.440. The fraction of sp³-hybridized carbons (Fsp3) is 0.316. The van der Waals surface area contributed by atoms with Crippen molar-refractivity contribution in [2.24, 2.45) is 0 Å². The summed E-state index contributed by atoms with van der Waals surface area (Å²) in [7, 11) is -2.33. The average Bonchev–Trinajstić information content (AvgIpc) is 3.12. The third-order valence-electron chi connectivity index (χ3n) is 4.30. The zero-order chi connectivity index (χ0) is 20.1. The predicted molar refractivity (Wildman–Crippen MR) is 102 cm³/mol. The molecule has 28 heavy (non-hydrogen) atoms. The van der Waals surface area contributed by atoms with Gasteiger partial charge in [0.05, 0.1) is 17.7 Å². The first kappa shape index (κ1) is 20.1. The van der Waals surface area contributed by atoms with Crippen molar-refractivity contribution < 1.29 is 27.1 Å². The normalized spacial score (nSPS) is 14.4. The van der Waals surface area contributed by atoms with E-state index in [4.69, 9.17) is 9.47 Å². The maximum atomic E-state index is 12.9. The van der Waals surface area contributed by atoms with Crippen molar-refractivity contribution in [3.63, 3.8) is 0 Å². The van der Waals surface area contributed by atoms with Crippen molar-refractivity contribution in [3.8, 4) is 11.5 Å². The largest absolute Gasteiger partial charge is 0.495 e. The number of nitrogens with zero attached hydrogens (tertiary/aromatic N) is 1. The van der Waals surface area contributed by atoms with Crippen LogP contribution in [0, 0.1) is 5.82 Å². The molecule has 0 atom stereocenters. The van der Waals surface area contributed by atoms with Crippen LogP contribution in [0.3, 0.4) is 0 Å². The molecule has 1 saturated heterocycles. The summed E-state index contributed by atoms with van der Waals surface area (Å²) in [4.78, 5) is 13.6. The van der Waals surface area contributed by atoms with E-state index in [2.05, 4.69) is 4.72 Å². The van der Waals surface area contributed by atoms with E-state index in [1.807, 2.05) is 0 Å². The molecule has 0 bridgehead atoms. The van der Waals surface area contributed by atoms with Gasteiger partial charge in [-0.1, -0.05) is 0 Å². The summed E-state index contributed by atoms with van der Waals surface area (Å²) in [6, 6.07) is 9.84. The van der Waals surface area contributed by atoms with E-state index in [1.165, 1.54) is 54.5 Å². The molecule has 1 heterocycles. The fourth-order valence-corrected chi connectivity index (χ4v) is 3.94. The van der Waals surface area contributed by atoms with Crippen LogP contribution in [-0.4, -0.2) is 41.1 Å². The number of sulfonamides is 1. The summed E-state index contributed by atoms with van der Waals surface area (Å²) in [5, 5.41) is 0. The molecule has 2 aromatic carbocycles. The van der Waals surface area contributed by atoms with Crippen molar-refractivity contribution in [2.45, 2.75) is 17.7 Å². The first-order chi connectivity index (χ1) is 13.4. The second-order valence-electron chi connectivity index (χ2n) is 6.18. The number of benzene rings is 2. The molecule has 0 aliphatic carbocycles. The Hall–Kier alpha value is -2.65. The maximum absolute atomic E-state index is 12.9. The molecular weight excluding hydrogens is 387 g/mol. The topological polar surface area (TPSA) is 84.9 Å². The highest BCUT2D eigenvalue weighted by atomic mass is 32.2. The molecule has 0 saturated carbocycles. The van der Waals surface area contributed by atoms with Crippen LogP contribution in [0.5, 0.6) is 11.5 Å². The predicted octanol–water partition coefficient (Wildman–Crippen LogP) is 2.32. The van der Waals surface area contributed by atoms with Crippen molar-refractivity contribution in [2.75, 3.05) is 31.7 Å². The van der Waals surface area contributed by atoms with Gasteiger partial charge in [-0.3, -0.25) is 4.79 Å². The summed E-state index contributed by atoms with van der Waals surface area (Å²) in [6.07, 6.45) is 1.15. The monoisotopic (exact) mass is 408 g/mol. The summed E-state index contributed by atoms with van der Waals surface area (Å²) >= 11 is 0. The molecular formula is C19H21FN2O5S. The molecule has 150 valence electrons. The first-order valence-electron chi connectivity index (χ1n) is 8.77. The van der Waals surface area contributed by atoms with Gasteiger partial charge in [0.15, 0.2) is 0 Å². The Bertz CT molecular complexity index is 947. The molecule has 1 fully saturated rings. The molecule has 2 aromatic rings. The van der Waals surface area contributed by atoms with Crippen molar-refractivity contribution in [1.82, 2.24) is 4.72 Å². The lowest BCUT2D eigenvalue weighted by atomic mass is 10.2. The van der Waals surface area contributed by atoms with Gasteiger partial charge in [0, 0.05) is 19.5 Å². The van der Waals surface area contributed by atoms with E-state index in [0.717, 1.165) is 6.42 Å². The Balaban J connectivity index is 1.67. The van der Waals surface area contributed by atoms with Crippen molar-refractivity contribution >= 4 is 21.6 Å². The van der Waals surface area contributed by atoms with Crippen LogP contribution in [0.15, 0.2) is 47.4 Å². The van der Waals surface area contributed by atoms with Gasteiger partial charge in [-0.15, -0.1) is 0 Å². The Labute approximate surface area is 163 Å². The fourth-order valence-electron chi connectivity index (χ4n) is 2.91. The van der Waals surface area contributed by atoms with E-state index in [1.54, 1.807) is 0 Å². The number of hydrogen-bond acceptors (Lipinski definition) is 5. The van der Waals surface area contributed by atoms with E-state index in [0.29, 0.717) is 30.2 Å². The van der Waals surface area contributed by atoms with Crippen LogP contribution in [0.2, 0.25) is 0 Å². The molecule has 0 spiro atoms. The van der Waals surface area contributed by atoms with Crippen LogP contribution < -0.4 is 19.1 Å². The van der Waals surface area contributed by atoms with Crippen LogP contribution in [0.4, 0.5) is 10.1 Å². The van der Waals surface area contributed by atoms with Crippen LogP contribution in [-0.2, 0) is 14.8 Å². The van der Waals surface area contributed by atoms with Crippen LogP contribution in [0.1, 0.15) is 12.8 Å². The number of carbonyl (C=O) groups is 1. The van der Waals surface area contributed by atoms with E-state index >= 15 is 0 Å². The van der Waals surface area contributed by atoms with Gasteiger partial charge < -0.3 is 14.4 Å². The summed E-state index contributed by atoms with van der Waals surface area (Å²) in [6.45, 7) is 0.639. The molecule has 9 heteroatoms. The quantitative estimate of drug-likeness (QED) is 0.678. The number of nitrogens with one attached hydrogen (secondary N) is 1. The number of anilines is 1. The molecule has 7 nitrogen and oxygen atoms in total. The van der Waals surface area contributed by atoms with Gasteiger partial charge in [0.2, 0.25) is 15.9 Å². The van der Waals surface area contributed by atoms with Crippen LogP contribution in [0.25, 0.3) is 0 Å². The number of amides is 1. The van der Waals surface area contributed by atoms with E-state index in [-0.39, 0.29) is 29.8 Å². The molecule has 0 aromatic heterocycles. The number of ether oxygens (including phenoxy) is 2. The van der Waals surface area contributed by atoms with Gasteiger partial charge in [0.25, 0.3) is 0 Å². The zero-order valence-electron chi connectivity index (χ0n) is 15.4. The van der Waals surface area contributed by atoms with E-state index in [9.17, 15) is 17.6 Å². The SMILES string of the molecule is COc1ccc(S(=O)(=O)NCCOc2ccc(F)cc2)cc1N1CCCC1=O. The molecule has 0 unspecified atom stereocenters. The third kappa shape index (κ3) is 4.60. The number of carbonyl (C=O) groups excluding carboxylic acids is 1. The highest BCUT2D eigenvalue weighted by Crippen LogP contribution is 2.33. The van der Waals surface area contributed by atoms with Crippen molar-refractivity contribution in [3.05, 3.63) is 48.3 Å². The lowest BCUT2D eigenvalue weighted by molar-refractivity contribution is -0.117. The minimum absolute atomic E-state index is 0.0315. The van der Waals surface area contributed by atoms with Gasteiger partial charge in [-0.2, -0.15) is 0 Å². The third-order valence-corrected chi connectivity index (χ3v) is 5.76. The first-order valence-corrected chi connectivity index (χ1v) is 10.3. The zero-order valence-corrected chi connectivity index (χ0v) is 16.2. The smallest absolute Gasteiger partial charge is 0.240 e. The minimum atomic E-state index is -3.80. The average molecular weight is 408 g/mol. The van der Waals surface area contributed by atoms with Gasteiger partial charge in [0.1, 0.15) is 23.9 Å². The standard InChI is InChI=1S/C19H21FN2O5S/c1-26-18-9-8-16(13-17(18)22-11-2-3-19(22)23)28(24,25)21-10-12-27-15-6-4-14(20)5-7-15/h4-9,13,21H,2-3,10-12H2,1H3. The Morgan fingerprint density at radius 2 is 1.93 bits per heavy atom. The lowest BCUT2D eigenvalue weighted by Gasteiger charge is -2.20. The lowest BCUT2D eigenvalue weighted by Crippen LogP contribution is -2.29. The second-order valence-corrected chi connectivity index (χ2v) is 7.95. The van der Waals surface area contributed by atoms with Gasteiger partial charge in [-0.25, -0.2) is 17.5 Å². The minimum Gasteiger partial charge on any atom is -0.495 e. The Morgan fingerprint density at radius 3 is 2.57 bits per heavy atom. The van der Waals surface area contributed by atoms with Crippen LogP contribution >= 0.6 is 0 Å². The summed E-state index contributed by atoms with van der Waals surface area (Å²) < 4.78 is 51.1.